The Kier molecular flexibility index (Phi) is 8.10. The summed E-state index contributed by atoms with van der Waals surface area (Å²) in [5.74, 6) is -0.391. The molecule has 3 aliphatic rings. The van der Waals surface area contributed by atoms with Gasteiger partial charge in [0.15, 0.2) is 0 Å². The first-order valence-electron chi connectivity index (χ1n) is 13.1. The van der Waals surface area contributed by atoms with Crippen molar-refractivity contribution in [2.75, 3.05) is 78.5 Å². The standard InChI is InChI=1S/C26H34FN5O6S/c27-18-38-23-2-1-19(15-22(23)32-9-12-37-13-10-32)29-25(34)20-17-28-24(30-39(35,36)14-11-33)16-21(20)31-7-5-26(3-4-26)6-8-31/h1-2,15-17,33H,3-14,18H2,(H,28,30)(H,29,34). The summed E-state index contributed by atoms with van der Waals surface area (Å²) in [4.78, 5) is 21.8. The van der Waals surface area contributed by atoms with Gasteiger partial charge in [0.25, 0.3) is 5.91 Å². The van der Waals surface area contributed by atoms with Crippen LogP contribution in [0.15, 0.2) is 30.5 Å². The van der Waals surface area contributed by atoms with Crippen molar-refractivity contribution in [2.45, 2.75) is 25.7 Å². The molecular formula is C26H34FN5O6S. The number of hydrogen-bond donors (Lipinski definition) is 3. The van der Waals surface area contributed by atoms with Gasteiger partial charge in [-0.05, 0) is 49.3 Å². The minimum atomic E-state index is -3.78. The fourth-order valence-corrected chi connectivity index (χ4v) is 5.96. The third kappa shape index (κ3) is 6.53. The van der Waals surface area contributed by atoms with Crippen molar-refractivity contribution in [3.05, 3.63) is 36.0 Å². The number of amides is 1. The van der Waals surface area contributed by atoms with E-state index in [9.17, 15) is 17.6 Å². The lowest BCUT2D eigenvalue weighted by Crippen LogP contribution is -2.36. The average molecular weight is 564 g/mol. The van der Waals surface area contributed by atoms with Gasteiger partial charge in [0, 0.05) is 44.1 Å². The first-order valence-corrected chi connectivity index (χ1v) is 14.8. The summed E-state index contributed by atoms with van der Waals surface area (Å²) in [5.41, 5.74) is 2.47. The highest BCUT2D eigenvalue weighted by molar-refractivity contribution is 7.92. The SMILES string of the molecule is O=C(Nc1ccc(OCF)c(N2CCOCC2)c1)c1cnc(NS(=O)(=O)CCO)cc1N1CCC2(CC1)CC2. The maximum absolute atomic E-state index is 13.5. The smallest absolute Gasteiger partial charge is 0.259 e. The first kappa shape index (κ1) is 27.4. The van der Waals surface area contributed by atoms with Crippen LogP contribution < -0.4 is 24.6 Å². The van der Waals surface area contributed by atoms with Gasteiger partial charge in [-0.2, -0.15) is 0 Å². The number of rotatable bonds is 10. The zero-order valence-corrected chi connectivity index (χ0v) is 22.5. The summed E-state index contributed by atoms with van der Waals surface area (Å²) in [6.07, 6.45) is 5.85. The second-order valence-corrected chi connectivity index (χ2v) is 12.0. The number of aromatic nitrogens is 1. The van der Waals surface area contributed by atoms with E-state index in [0.29, 0.717) is 60.1 Å². The maximum Gasteiger partial charge on any atom is 0.259 e. The van der Waals surface area contributed by atoms with Crippen molar-refractivity contribution in [2.24, 2.45) is 5.41 Å². The van der Waals surface area contributed by atoms with Gasteiger partial charge in [-0.1, -0.05) is 0 Å². The predicted molar refractivity (Wildman–Crippen MR) is 146 cm³/mol. The Morgan fingerprint density at radius 1 is 1.08 bits per heavy atom. The number of carbonyl (C=O) groups is 1. The van der Waals surface area contributed by atoms with Crippen molar-refractivity contribution in [1.29, 1.82) is 0 Å². The summed E-state index contributed by atoms with van der Waals surface area (Å²) in [6.45, 7) is 2.31. The number of aliphatic hydroxyl groups excluding tert-OH is 1. The van der Waals surface area contributed by atoms with Crippen LogP contribution in [-0.2, 0) is 14.8 Å². The van der Waals surface area contributed by atoms with E-state index in [1.807, 2.05) is 4.90 Å². The fourth-order valence-electron chi connectivity index (χ4n) is 5.19. The number of carbonyl (C=O) groups excluding carboxylic acids is 1. The monoisotopic (exact) mass is 563 g/mol. The van der Waals surface area contributed by atoms with Crippen LogP contribution in [0.4, 0.5) is 27.3 Å². The second-order valence-electron chi connectivity index (χ2n) is 10.2. The van der Waals surface area contributed by atoms with Crippen LogP contribution >= 0.6 is 0 Å². The lowest BCUT2D eigenvalue weighted by molar-refractivity contribution is 0.102. The molecule has 0 bridgehead atoms. The Balaban J connectivity index is 1.41. The Morgan fingerprint density at radius 2 is 1.79 bits per heavy atom. The number of alkyl halides is 1. The number of morpholine rings is 1. The van der Waals surface area contributed by atoms with Crippen molar-refractivity contribution in [3.63, 3.8) is 0 Å². The van der Waals surface area contributed by atoms with E-state index < -0.39 is 35.2 Å². The van der Waals surface area contributed by atoms with Crippen LogP contribution in [0.5, 0.6) is 5.75 Å². The number of hydrogen-bond acceptors (Lipinski definition) is 9. The van der Waals surface area contributed by atoms with Gasteiger partial charge < -0.3 is 29.7 Å². The highest BCUT2D eigenvalue weighted by Gasteiger charge is 2.44. The minimum Gasteiger partial charge on any atom is -0.461 e. The normalized spacial score (nSPS) is 18.6. The predicted octanol–water partition coefficient (Wildman–Crippen LogP) is 2.59. The molecule has 2 aliphatic heterocycles. The zero-order valence-electron chi connectivity index (χ0n) is 21.7. The van der Waals surface area contributed by atoms with Crippen LogP contribution in [0.3, 0.4) is 0 Å². The van der Waals surface area contributed by atoms with Crippen molar-refractivity contribution in [1.82, 2.24) is 4.98 Å². The van der Waals surface area contributed by atoms with Gasteiger partial charge in [0.05, 0.1) is 42.5 Å². The molecule has 2 aromatic rings. The quantitative estimate of drug-likeness (QED) is 0.399. The van der Waals surface area contributed by atoms with E-state index in [4.69, 9.17) is 14.6 Å². The number of anilines is 4. The molecule has 5 rings (SSSR count). The molecule has 1 saturated carbocycles. The van der Waals surface area contributed by atoms with E-state index >= 15 is 0 Å². The molecule has 1 aliphatic carbocycles. The largest absolute Gasteiger partial charge is 0.461 e. The number of piperidine rings is 1. The number of ether oxygens (including phenoxy) is 2. The summed E-state index contributed by atoms with van der Waals surface area (Å²) in [7, 11) is -3.78. The Hall–Kier alpha value is -3.16. The molecule has 11 nitrogen and oxygen atoms in total. The molecular weight excluding hydrogens is 529 g/mol. The molecule has 3 heterocycles. The minimum absolute atomic E-state index is 0.0871. The molecule has 0 unspecified atom stereocenters. The molecule has 1 aromatic carbocycles. The van der Waals surface area contributed by atoms with Crippen LogP contribution in [0.2, 0.25) is 0 Å². The topological polar surface area (TPSA) is 133 Å². The molecule has 3 fully saturated rings. The summed E-state index contributed by atoms with van der Waals surface area (Å²) in [6, 6.07) is 6.59. The second kappa shape index (κ2) is 11.5. The van der Waals surface area contributed by atoms with Crippen LogP contribution in [0, 0.1) is 5.41 Å². The number of aliphatic hydroxyl groups is 1. The number of benzene rings is 1. The summed E-state index contributed by atoms with van der Waals surface area (Å²) < 4.78 is 50.4. The summed E-state index contributed by atoms with van der Waals surface area (Å²) >= 11 is 0. The Morgan fingerprint density at radius 3 is 2.46 bits per heavy atom. The highest BCUT2D eigenvalue weighted by atomic mass is 32.2. The van der Waals surface area contributed by atoms with Gasteiger partial charge in [0.1, 0.15) is 11.6 Å². The lowest BCUT2D eigenvalue weighted by Gasteiger charge is -2.35. The van der Waals surface area contributed by atoms with Gasteiger partial charge in [-0.15, -0.1) is 0 Å². The number of sulfonamides is 1. The lowest BCUT2D eigenvalue weighted by atomic mass is 9.93. The van der Waals surface area contributed by atoms with E-state index in [1.165, 1.54) is 19.0 Å². The zero-order chi connectivity index (χ0) is 27.5. The highest BCUT2D eigenvalue weighted by Crippen LogP contribution is 2.54. The van der Waals surface area contributed by atoms with E-state index in [1.54, 1.807) is 24.3 Å². The molecule has 39 heavy (non-hydrogen) atoms. The molecule has 1 aromatic heterocycles. The summed E-state index contributed by atoms with van der Waals surface area (Å²) in [5, 5.41) is 12.0. The van der Waals surface area contributed by atoms with Crippen LogP contribution in [0.1, 0.15) is 36.0 Å². The van der Waals surface area contributed by atoms with E-state index in [2.05, 4.69) is 19.9 Å². The van der Waals surface area contributed by atoms with Gasteiger partial charge in [0.2, 0.25) is 16.9 Å². The number of pyridine rings is 1. The number of nitrogens with zero attached hydrogens (tertiary/aromatic N) is 3. The number of halogens is 1. The molecule has 0 atom stereocenters. The molecule has 13 heteroatoms. The maximum atomic E-state index is 13.5. The van der Waals surface area contributed by atoms with Crippen molar-refractivity contribution >= 4 is 38.8 Å². The van der Waals surface area contributed by atoms with Crippen molar-refractivity contribution < 1.29 is 32.2 Å². The van der Waals surface area contributed by atoms with Gasteiger partial charge in [-0.3, -0.25) is 9.52 Å². The fraction of sp³-hybridized carbons (Fsp3) is 0.538. The van der Waals surface area contributed by atoms with Crippen LogP contribution in [0.25, 0.3) is 0 Å². The number of nitrogens with one attached hydrogen (secondary N) is 2. The molecule has 1 amide bonds. The Labute approximate surface area is 227 Å². The van der Waals surface area contributed by atoms with Gasteiger partial charge in [-0.25, -0.2) is 17.8 Å². The first-order chi connectivity index (χ1) is 18.8. The molecule has 0 radical (unpaired) electrons. The van der Waals surface area contributed by atoms with E-state index in [0.717, 1.165) is 25.9 Å². The van der Waals surface area contributed by atoms with E-state index in [-0.39, 0.29) is 5.82 Å². The van der Waals surface area contributed by atoms with Crippen LogP contribution in [-0.4, -0.2) is 83.0 Å². The molecule has 212 valence electrons. The third-order valence-electron chi connectivity index (χ3n) is 7.65. The Bertz CT molecular complexity index is 1290. The average Bonchev–Trinajstić information content (AvgIpc) is 3.68. The molecule has 1 spiro atoms. The third-order valence-corrected chi connectivity index (χ3v) is 8.89. The van der Waals surface area contributed by atoms with Crippen molar-refractivity contribution in [3.8, 4) is 5.75 Å². The van der Waals surface area contributed by atoms with Gasteiger partial charge >= 0.3 is 0 Å². The molecule has 3 N–H and O–H groups in total. The molecule has 2 saturated heterocycles.